The number of amides is 1. The average molecular weight is 301 g/mol. The van der Waals surface area contributed by atoms with Gasteiger partial charge in [0.2, 0.25) is 0 Å². The number of hydrogen-bond donors (Lipinski definition) is 2. The first-order valence-corrected chi connectivity index (χ1v) is 7.02. The van der Waals surface area contributed by atoms with Gasteiger partial charge in [0.05, 0.1) is 6.54 Å². The van der Waals surface area contributed by atoms with Crippen LogP contribution < -0.4 is 5.32 Å². The second-order valence-corrected chi connectivity index (χ2v) is 5.38. The fourth-order valence-electron chi connectivity index (χ4n) is 1.97. The third-order valence-corrected chi connectivity index (χ3v) is 3.64. The highest BCUT2D eigenvalue weighted by atomic mass is 35.5. The lowest BCUT2D eigenvalue weighted by molar-refractivity contribution is 0.138. The zero-order valence-corrected chi connectivity index (χ0v) is 11.9. The molecule has 2 rings (SSSR count). The lowest BCUT2D eigenvalue weighted by Crippen LogP contribution is -2.30. The van der Waals surface area contributed by atoms with Crippen LogP contribution in [0.25, 0.3) is 0 Å². The van der Waals surface area contributed by atoms with Gasteiger partial charge in [0.15, 0.2) is 0 Å². The number of rotatable bonds is 7. The number of nitrogens with zero attached hydrogens (tertiary/aromatic N) is 1. The van der Waals surface area contributed by atoms with Crippen LogP contribution in [0.5, 0.6) is 0 Å². The molecular formula is C14H18ClFN2O2. The number of hydrogen-bond acceptors (Lipinski definition) is 2. The molecule has 1 aliphatic rings. The first-order chi connectivity index (χ1) is 9.60. The second-order valence-electron chi connectivity index (χ2n) is 4.97. The summed E-state index contributed by atoms with van der Waals surface area (Å²) in [6.45, 7) is 0.0456. The fourth-order valence-corrected chi connectivity index (χ4v) is 2.15. The summed E-state index contributed by atoms with van der Waals surface area (Å²) in [4.78, 5) is 12.0. The average Bonchev–Trinajstić information content (AvgIpc) is 3.22. The molecule has 20 heavy (non-hydrogen) atoms. The molecule has 6 heteroatoms. The molecule has 0 unspecified atom stereocenters. The van der Waals surface area contributed by atoms with Gasteiger partial charge in [-0.25, -0.2) is 9.18 Å². The fraction of sp³-hybridized carbons (Fsp3) is 0.500. The molecule has 0 heterocycles. The molecule has 0 aliphatic heterocycles. The smallest absolute Gasteiger partial charge is 0.407 e. The Kier molecular flexibility index (Phi) is 5.20. The molecule has 1 aromatic rings. The Bertz CT molecular complexity index is 480. The van der Waals surface area contributed by atoms with Gasteiger partial charge >= 0.3 is 6.09 Å². The van der Waals surface area contributed by atoms with Crippen molar-refractivity contribution in [2.24, 2.45) is 0 Å². The topological polar surface area (TPSA) is 52.6 Å². The number of halogens is 2. The van der Waals surface area contributed by atoms with Gasteiger partial charge in [-0.15, -0.1) is 0 Å². The molecule has 1 aliphatic carbocycles. The largest absolute Gasteiger partial charge is 0.465 e. The van der Waals surface area contributed by atoms with E-state index in [1.54, 1.807) is 12.1 Å². The van der Waals surface area contributed by atoms with Crippen molar-refractivity contribution >= 4 is 17.7 Å². The Morgan fingerprint density at radius 1 is 1.50 bits per heavy atom. The molecule has 110 valence electrons. The van der Waals surface area contributed by atoms with Crippen molar-refractivity contribution in [3.05, 3.63) is 34.3 Å². The van der Waals surface area contributed by atoms with E-state index in [0.29, 0.717) is 17.6 Å². The van der Waals surface area contributed by atoms with Gasteiger partial charge in [-0.2, -0.15) is 0 Å². The van der Waals surface area contributed by atoms with Crippen molar-refractivity contribution in [1.82, 2.24) is 10.2 Å². The quantitative estimate of drug-likeness (QED) is 0.814. The predicted octanol–water partition coefficient (Wildman–Crippen LogP) is 3.04. The molecule has 4 nitrogen and oxygen atoms in total. The van der Waals surface area contributed by atoms with Crippen molar-refractivity contribution in [1.29, 1.82) is 0 Å². The monoisotopic (exact) mass is 300 g/mol. The normalized spacial score (nSPS) is 14.3. The lowest BCUT2D eigenvalue weighted by Gasteiger charge is -2.18. The van der Waals surface area contributed by atoms with Gasteiger partial charge in [-0.1, -0.05) is 23.7 Å². The van der Waals surface area contributed by atoms with Gasteiger partial charge < -0.3 is 15.3 Å². The van der Waals surface area contributed by atoms with Gasteiger partial charge in [0, 0.05) is 24.2 Å². The van der Waals surface area contributed by atoms with Crippen molar-refractivity contribution in [2.75, 3.05) is 13.2 Å². The minimum absolute atomic E-state index is 0.117. The van der Waals surface area contributed by atoms with E-state index in [0.717, 1.165) is 16.0 Å². The van der Waals surface area contributed by atoms with E-state index in [4.69, 9.17) is 16.7 Å². The minimum atomic E-state index is -1.12. The van der Waals surface area contributed by atoms with E-state index in [9.17, 15) is 9.18 Å². The van der Waals surface area contributed by atoms with E-state index in [1.165, 1.54) is 12.8 Å². The maximum Gasteiger partial charge on any atom is 0.407 e. The van der Waals surface area contributed by atoms with E-state index >= 15 is 0 Å². The summed E-state index contributed by atoms with van der Waals surface area (Å²) in [5, 5.41) is 13.0. The van der Waals surface area contributed by atoms with Crippen molar-refractivity contribution in [2.45, 2.75) is 32.0 Å². The van der Waals surface area contributed by atoms with Crippen LogP contribution in [0, 0.1) is 0 Å². The summed E-state index contributed by atoms with van der Waals surface area (Å²) in [6.07, 6.45) is 1.27. The minimum Gasteiger partial charge on any atom is -0.465 e. The maximum atomic E-state index is 12.3. The Morgan fingerprint density at radius 3 is 2.85 bits per heavy atom. The highest BCUT2D eigenvalue weighted by Crippen LogP contribution is 2.22. The zero-order valence-electron chi connectivity index (χ0n) is 11.1. The molecule has 2 N–H and O–H groups in total. The van der Waals surface area contributed by atoms with E-state index in [-0.39, 0.29) is 13.1 Å². The van der Waals surface area contributed by atoms with Crippen LogP contribution in [0.1, 0.15) is 24.0 Å². The Labute approximate surface area is 122 Å². The maximum absolute atomic E-state index is 12.3. The molecule has 1 amide bonds. The molecular weight excluding hydrogens is 283 g/mol. The molecule has 0 atom stereocenters. The van der Waals surface area contributed by atoms with Gasteiger partial charge in [-0.3, -0.25) is 0 Å². The van der Waals surface area contributed by atoms with Crippen molar-refractivity contribution in [3.8, 4) is 0 Å². The van der Waals surface area contributed by atoms with Crippen LogP contribution in [0.15, 0.2) is 18.2 Å². The first kappa shape index (κ1) is 15.1. The van der Waals surface area contributed by atoms with Crippen LogP contribution in [-0.4, -0.2) is 35.4 Å². The summed E-state index contributed by atoms with van der Waals surface area (Å²) >= 11 is 6.13. The summed E-state index contributed by atoms with van der Waals surface area (Å²) in [5.74, 6) is 0. The molecule has 1 aromatic carbocycles. The molecule has 0 aromatic heterocycles. The Balaban J connectivity index is 2.02. The second kappa shape index (κ2) is 6.90. The SMILES string of the molecule is O=C(O)N(CCF)Cc1ccc(Cl)c(CNC2CC2)c1. The Hall–Kier alpha value is -1.33. The number of benzene rings is 1. The first-order valence-electron chi connectivity index (χ1n) is 6.64. The highest BCUT2D eigenvalue weighted by molar-refractivity contribution is 6.31. The Morgan fingerprint density at radius 2 is 2.25 bits per heavy atom. The standard InChI is InChI=1S/C14H18ClFN2O2/c15-13-4-1-10(9-18(6-5-16)14(19)20)7-11(13)8-17-12-2-3-12/h1,4,7,12,17H,2-3,5-6,8-9H2,(H,19,20). The van der Waals surface area contributed by atoms with Gasteiger partial charge in [0.25, 0.3) is 0 Å². The number of carboxylic acid groups (broad SMARTS) is 1. The molecule has 1 saturated carbocycles. The van der Waals surface area contributed by atoms with E-state index in [2.05, 4.69) is 5.32 Å². The third kappa shape index (κ3) is 4.35. The summed E-state index contributed by atoms with van der Waals surface area (Å²) in [6, 6.07) is 6.00. The van der Waals surface area contributed by atoms with E-state index < -0.39 is 12.8 Å². The van der Waals surface area contributed by atoms with Crippen LogP contribution in [0.4, 0.5) is 9.18 Å². The summed E-state index contributed by atoms with van der Waals surface area (Å²) in [5.41, 5.74) is 1.76. The molecule has 0 radical (unpaired) electrons. The van der Waals surface area contributed by atoms with Crippen molar-refractivity contribution in [3.63, 3.8) is 0 Å². The molecule has 0 saturated heterocycles. The zero-order chi connectivity index (χ0) is 14.5. The number of carbonyl (C=O) groups is 1. The molecule has 0 spiro atoms. The van der Waals surface area contributed by atoms with Crippen LogP contribution in [0.3, 0.4) is 0 Å². The van der Waals surface area contributed by atoms with Gasteiger partial charge in [0.1, 0.15) is 6.67 Å². The number of alkyl halides is 1. The highest BCUT2D eigenvalue weighted by Gasteiger charge is 2.20. The van der Waals surface area contributed by atoms with Crippen LogP contribution in [-0.2, 0) is 13.1 Å². The van der Waals surface area contributed by atoms with Crippen LogP contribution >= 0.6 is 11.6 Å². The number of nitrogens with one attached hydrogen (secondary N) is 1. The van der Waals surface area contributed by atoms with E-state index in [1.807, 2.05) is 6.07 Å². The lowest BCUT2D eigenvalue weighted by atomic mass is 10.1. The van der Waals surface area contributed by atoms with Gasteiger partial charge in [-0.05, 0) is 30.0 Å². The van der Waals surface area contributed by atoms with Crippen LogP contribution in [0.2, 0.25) is 5.02 Å². The molecule has 1 fully saturated rings. The third-order valence-electron chi connectivity index (χ3n) is 3.27. The summed E-state index contributed by atoms with van der Waals surface area (Å²) in [7, 11) is 0. The summed E-state index contributed by atoms with van der Waals surface area (Å²) < 4.78 is 12.3. The molecule has 0 bridgehead atoms. The predicted molar refractivity (Wildman–Crippen MR) is 75.7 cm³/mol. The van der Waals surface area contributed by atoms with Crippen molar-refractivity contribution < 1.29 is 14.3 Å².